The van der Waals surface area contributed by atoms with E-state index in [-0.39, 0.29) is 95.0 Å². The number of hydrogen-bond acceptors (Lipinski definition) is 0. The maximum absolute atomic E-state index is 0. The summed E-state index contributed by atoms with van der Waals surface area (Å²) < 4.78 is 0. The molecule has 0 aromatic rings. The summed E-state index contributed by atoms with van der Waals surface area (Å²) in [5.41, 5.74) is 0. The van der Waals surface area contributed by atoms with E-state index >= 15 is 0 Å². The van der Waals surface area contributed by atoms with Crippen LogP contribution in [0, 0.1) is 0 Å². The van der Waals surface area contributed by atoms with Gasteiger partial charge in [-0.1, -0.05) is 0 Å². The van der Waals surface area contributed by atoms with E-state index in [4.69, 9.17) is 0 Å². The largest absolute Gasteiger partial charge is 0.187 e. The van der Waals surface area contributed by atoms with E-state index in [9.17, 15) is 0 Å². The van der Waals surface area contributed by atoms with E-state index in [1.165, 1.54) is 0 Å². The first kappa shape index (κ1) is 43.6. The van der Waals surface area contributed by atoms with Crippen molar-refractivity contribution in [2.24, 2.45) is 0 Å². The third-order valence-electron chi connectivity index (χ3n) is 0. The van der Waals surface area contributed by atoms with Gasteiger partial charge in [0.05, 0.1) is 0 Å². The second-order valence-corrected chi connectivity index (χ2v) is 0. The van der Waals surface area contributed by atoms with Crippen LogP contribution in [0.5, 0.6) is 0 Å². The molecule has 0 aromatic heterocycles. The molecule has 0 saturated carbocycles. The van der Waals surface area contributed by atoms with Gasteiger partial charge in [-0.2, -0.15) is 0 Å². The van der Waals surface area contributed by atoms with Crippen LogP contribution in [0.4, 0.5) is 0 Å². The second-order valence-electron chi connectivity index (χ2n) is 0. The molecule has 5 heteroatoms. The molecule has 0 aromatic carbocycles. The standard InChI is InChI=1S/Al.Cu.Nb.Ni.Ti.3H. The van der Waals surface area contributed by atoms with Gasteiger partial charge in [-0.3, -0.25) is 0 Å². The van der Waals surface area contributed by atoms with Gasteiger partial charge in [0.1, 0.15) is 0 Å². The molecule has 0 rings (SSSR count). The van der Waals surface area contributed by atoms with Crippen molar-refractivity contribution in [1.82, 2.24) is 0 Å². The fourth-order valence-corrected chi connectivity index (χ4v) is 0. The molecule has 0 spiro atoms. The minimum atomic E-state index is 0. The topological polar surface area (TPSA) is 0 Å². The average molecular weight is 293 g/mol. The fraction of sp³-hybridized carbons (Fsp3) is 0. The van der Waals surface area contributed by atoms with Crippen LogP contribution >= 0.6 is 0 Å². The van der Waals surface area contributed by atoms with Gasteiger partial charge in [0, 0.05) is 77.7 Å². The van der Waals surface area contributed by atoms with E-state index in [2.05, 4.69) is 0 Å². The maximum Gasteiger partial charge on any atom is 0.187 e. The third kappa shape index (κ3) is 19.4. The summed E-state index contributed by atoms with van der Waals surface area (Å²) in [6.07, 6.45) is 0. The molecular weight excluding hydrogens is 290 g/mol. The van der Waals surface area contributed by atoms with Gasteiger partial charge >= 0.3 is 0 Å². The van der Waals surface area contributed by atoms with Gasteiger partial charge in [-0.05, 0) is 0 Å². The smallest absolute Gasteiger partial charge is 0 e. The van der Waals surface area contributed by atoms with E-state index < -0.39 is 0 Å². The fourth-order valence-electron chi connectivity index (χ4n) is 0. The molecule has 2 radical (unpaired) electrons. The molecule has 0 saturated heterocycles. The van der Waals surface area contributed by atoms with E-state index in [0.29, 0.717) is 0 Å². The van der Waals surface area contributed by atoms with Crippen molar-refractivity contribution in [3.05, 3.63) is 0 Å². The molecule has 0 aliphatic heterocycles. The first-order valence-electron chi connectivity index (χ1n) is 0. The molecule has 0 bridgehead atoms. The molecular formula is H3AlCuNbNiTi. The average Bonchev–Trinajstić information content (AvgIpc) is 0. The van der Waals surface area contributed by atoms with Crippen LogP contribution in [0.15, 0.2) is 0 Å². The van der Waals surface area contributed by atoms with Crippen LogP contribution in [0.1, 0.15) is 0 Å². The van der Waals surface area contributed by atoms with Crippen molar-refractivity contribution >= 4 is 17.4 Å². The van der Waals surface area contributed by atoms with Crippen LogP contribution in [0.2, 0.25) is 0 Å². The Hall–Kier alpha value is 3.00. The molecule has 0 amide bonds. The van der Waals surface area contributed by atoms with Crippen molar-refractivity contribution in [2.45, 2.75) is 0 Å². The molecule has 5 heavy (non-hydrogen) atoms. The Morgan fingerprint density at radius 2 is 1.00 bits per heavy atom. The normalized spacial score (nSPS) is 0. The molecule has 0 N–H and O–H groups in total. The Balaban J connectivity index is 0. The van der Waals surface area contributed by atoms with Crippen LogP contribution in [-0.4, -0.2) is 17.4 Å². The van der Waals surface area contributed by atoms with Crippen molar-refractivity contribution in [2.75, 3.05) is 0 Å². The molecule has 0 atom stereocenters. The molecule has 0 nitrogen and oxygen atoms in total. The summed E-state index contributed by atoms with van der Waals surface area (Å²) in [6, 6.07) is 0. The van der Waals surface area contributed by atoms with Crippen LogP contribution in [0.25, 0.3) is 0 Å². The van der Waals surface area contributed by atoms with Crippen molar-refractivity contribution < 1.29 is 77.7 Å². The SMILES string of the molecule is [AlH3].[Cu].[Nb].[Ni].[Ti]. The molecule has 0 aliphatic carbocycles. The zero-order valence-electron chi connectivity index (χ0n) is 1.56. The number of hydrogen-bond donors (Lipinski definition) is 0. The molecule has 0 fully saturated rings. The van der Waals surface area contributed by atoms with Gasteiger partial charge < -0.3 is 0 Å². The Morgan fingerprint density at radius 1 is 1.00 bits per heavy atom. The monoisotopic (exact) mass is 292 g/mol. The third-order valence-corrected chi connectivity index (χ3v) is 0. The van der Waals surface area contributed by atoms with Crippen molar-refractivity contribution in [3.63, 3.8) is 0 Å². The van der Waals surface area contributed by atoms with Crippen molar-refractivity contribution in [3.8, 4) is 0 Å². The summed E-state index contributed by atoms with van der Waals surface area (Å²) in [6.45, 7) is 0. The maximum atomic E-state index is 0. The first-order valence-corrected chi connectivity index (χ1v) is 0. The van der Waals surface area contributed by atoms with Gasteiger partial charge in [0.15, 0.2) is 17.4 Å². The van der Waals surface area contributed by atoms with Crippen LogP contribution in [0.3, 0.4) is 0 Å². The van der Waals surface area contributed by atoms with E-state index in [0.717, 1.165) is 0 Å². The summed E-state index contributed by atoms with van der Waals surface area (Å²) in [5.74, 6) is 0. The van der Waals surface area contributed by atoms with E-state index in [1.807, 2.05) is 0 Å². The predicted octanol–water partition coefficient (Wildman–Crippen LogP) is -1.19. The summed E-state index contributed by atoms with van der Waals surface area (Å²) in [5, 5.41) is 0. The quantitative estimate of drug-likeness (QED) is 0.493. The predicted molar refractivity (Wildman–Crippen MR) is 9.94 cm³/mol. The Labute approximate surface area is 93.5 Å². The van der Waals surface area contributed by atoms with Crippen LogP contribution < -0.4 is 0 Å². The Kier molecular flexibility index (Phi) is 244. The molecule has 0 aliphatic rings. The molecule has 0 unspecified atom stereocenters. The Morgan fingerprint density at radius 3 is 1.00 bits per heavy atom. The summed E-state index contributed by atoms with van der Waals surface area (Å²) in [4.78, 5) is 0. The minimum Gasteiger partial charge on any atom is 0 e. The van der Waals surface area contributed by atoms with Gasteiger partial charge in [-0.15, -0.1) is 0 Å². The first-order chi connectivity index (χ1) is 0. The van der Waals surface area contributed by atoms with Gasteiger partial charge in [-0.25, -0.2) is 0 Å². The van der Waals surface area contributed by atoms with E-state index in [1.54, 1.807) is 0 Å². The zero-order valence-corrected chi connectivity index (χ0v) is 7.25. The van der Waals surface area contributed by atoms with Crippen LogP contribution in [-0.2, 0) is 77.7 Å². The Bertz CT molecular complexity index is 11.6. The number of rotatable bonds is 0. The summed E-state index contributed by atoms with van der Waals surface area (Å²) in [7, 11) is 0. The summed E-state index contributed by atoms with van der Waals surface area (Å²) >= 11 is 0. The van der Waals surface area contributed by atoms with Gasteiger partial charge in [0.2, 0.25) is 0 Å². The van der Waals surface area contributed by atoms with Crippen molar-refractivity contribution in [1.29, 1.82) is 0 Å². The molecule has 36 valence electrons. The van der Waals surface area contributed by atoms with Gasteiger partial charge in [0.25, 0.3) is 0 Å². The molecule has 0 heterocycles. The zero-order chi connectivity index (χ0) is 0. The minimum absolute atomic E-state index is 0. The second kappa shape index (κ2) is 28.0.